The van der Waals surface area contributed by atoms with E-state index in [0.29, 0.717) is 46.9 Å². The molecule has 1 aromatic heterocycles. The minimum atomic E-state index is -0.414. The molecule has 0 aliphatic heterocycles. The van der Waals surface area contributed by atoms with E-state index >= 15 is 0 Å². The number of nitrogens with zero attached hydrogens (tertiary/aromatic N) is 2. The molecule has 0 saturated carbocycles. The monoisotopic (exact) mass is 471 g/mol. The van der Waals surface area contributed by atoms with Crippen molar-refractivity contribution in [2.75, 3.05) is 26.0 Å². The van der Waals surface area contributed by atoms with Crippen LogP contribution in [-0.2, 0) is 11.3 Å². The second-order valence-electron chi connectivity index (χ2n) is 7.90. The fraction of sp³-hybridized carbons (Fsp3) is 0.333. The summed E-state index contributed by atoms with van der Waals surface area (Å²) in [7, 11) is 1.55. The lowest BCUT2D eigenvalue weighted by molar-refractivity contribution is 0.0936. The molecule has 0 bridgehead atoms. The summed E-state index contributed by atoms with van der Waals surface area (Å²) >= 11 is 1.15. The number of hydrogen-bond donors (Lipinski definition) is 1. The molecule has 1 heterocycles. The quantitative estimate of drug-likeness (QED) is 0.211. The molecule has 7 nitrogen and oxygen atoms in total. The number of ketones is 1. The second-order valence-corrected chi connectivity index (χ2v) is 8.85. The summed E-state index contributed by atoms with van der Waals surface area (Å²) in [6, 6.07) is 10.1. The van der Waals surface area contributed by atoms with Crippen molar-refractivity contribution in [3.05, 3.63) is 69.8 Å². The molecule has 0 atom stereocenters. The zero-order valence-electron chi connectivity index (χ0n) is 18.8. The maximum atomic E-state index is 13.2. The Hall–Kier alpha value is -3.04. The van der Waals surface area contributed by atoms with E-state index in [1.54, 1.807) is 29.9 Å². The van der Waals surface area contributed by atoms with E-state index in [4.69, 9.17) is 4.74 Å². The van der Waals surface area contributed by atoms with Gasteiger partial charge in [-0.1, -0.05) is 25.6 Å². The van der Waals surface area contributed by atoms with Crippen LogP contribution in [0.4, 0.5) is 4.39 Å². The van der Waals surface area contributed by atoms with Crippen molar-refractivity contribution in [3.63, 3.8) is 0 Å². The molecular formula is C24H26FN3O4S. The fourth-order valence-corrected chi connectivity index (χ4v) is 4.10. The first-order valence-corrected chi connectivity index (χ1v) is 11.5. The van der Waals surface area contributed by atoms with E-state index in [9.17, 15) is 18.8 Å². The Balaban J connectivity index is 1.92. The summed E-state index contributed by atoms with van der Waals surface area (Å²) in [4.78, 5) is 42.8. The topological polar surface area (TPSA) is 90.3 Å². The molecule has 1 amide bonds. The van der Waals surface area contributed by atoms with Crippen LogP contribution in [0.2, 0.25) is 0 Å². The van der Waals surface area contributed by atoms with E-state index in [-0.39, 0.29) is 28.9 Å². The van der Waals surface area contributed by atoms with Gasteiger partial charge in [-0.2, -0.15) is 0 Å². The number of fused-ring (bicyclic) bond motifs is 1. The average Bonchev–Trinajstić information content (AvgIpc) is 2.79. The molecule has 3 rings (SSSR count). The zero-order valence-corrected chi connectivity index (χ0v) is 19.6. The Morgan fingerprint density at radius 1 is 1.15 bits per heavy atom. The summed E-state index contributed by atoms with van der Waals surface area (Å²) in [6.07, 6.45) is 0. The number of thioether (sulfide) groups is 1. The van der Waals surface area contributed by atoms with Gasteiger partial charge in [0.2, 0.25) is 0 Å². The number of carbonyl (C=O) groups excluding carboxylic acids is 2. The SMILES string of the molecule is COCCNC(=O)c1ccc2c(=O)n(CC(C)C)c(SCC(=O)c3ccc(F)cc3)nc2c1. The summed E-state index contributed by atoms with van der Waals surface area (Å²) in [6.45, 7) is 5.17. The molecule has 0 radical (unpaired) electrons. The highest BCUT2D eigenvalue weighted by Gasteiger charge is 2.16. The van der Waals surface area contributed by atoms with Crippen molar-refractivity contribution in [2.24, 2.45) is 5.92 Å². The molecule has 2 aromatic carbocycles. The standard InChI is InChI=1S/C24H26FN3O4S/c1-15(2)13-28-23(31)19-9-6-17(22(30)26-10-11-32-3)12-20(19)27-24(28)33-14-21(29)16-4-7-18(25)8-5-16/h4-9,12,15H,10-11,13-14H2,1-3H3,(H,26,30). The van der Waals surface area contributed by atoms with Gasteiger partial charge >= 0.3 is 0 Å². The van der Waals surface area contributed by atoms with Crippen LogP contribution in [0.5, 0.6) is 0 Å². The largest absolute Gasteiger partial charge is 0.383 e. The molecule has 174 valence electrons. The van der Waals surface area contributed by atoms with Gasteiger partial charge in [0.05, 0.1) is 23.3 Å². The number of aromatic nitrogens is 2. The Labute approximate surface area is 195 Å². The van der Waals surface area contributed by atoms with Gasteiger partial charge in [-0.25, -0.2) is 9.37 Å². The van der Waals surface area contributed by atoms with Crippen molar-refractivity contribution < 1.29 is 18.7 Å². The van der Waals surface area contributed by atoms with Crippen molar-refractivity contribution in [2.45, 2.75) is 25.5 Å². The second kappa shape index (κ2) is 11.2. The summed E-state index contributed by atoms with van der Waals surface area (Å²) in [5.41, 5.74) is 0.927. The van der Waals surface area contributed by atoms with E-state index < -0.39 is 5.82 Å². The fourth-order valence-electron chi connectivity index (χ4n) is 3.20. The van der Waals surface area contributed by atoms with Gasteiger partial charge in [-0.05, 0) is 48.4 Å². The number of hydrogen-bond acceptors (Lipinski definition) is 6. The minimum Gasteiger partial charge on any atom is -0.383 e. The molecule has 9 heteroatoms. The smallest absolute Gasteiger partial charge is 0.262 e. The highest BCUT2D eigenvalue weighted by atomic mass is 32.2. The van der Waals surface area contributed by atoms with Crippen LogP contribution in [0.15, 0.2) is 52.4 Å². The van der Waals surface area contributed by atoms with Crippen LogP contribution >= 0.6 is 11.8 Å². The van der Waals surface area contributed by atoms with Gasteiger partial charge in [0.1, 0.15) is 5.82 Å². The Morgan fingerprint density at radius 2 is 1.85 bits per heavy atom. The van der Waals surface area contributed by atoms with E-state index in [2.05, 4.69) is 10.3 Å². The summed E-state index contributed by atoms with van der Waals surface area (Å²) in [5.74, 6) is -0.679. The van der Waals surface area contributed by atoms with Gasteiger partial charge in [0, 0.05) is 31.3 Å². The number of halogens is 1. The molecule has 0 unspecified atom stereocenters. The molecule has 3 aromatic rings. The normalized spacial score (nSPS) is 11.2. The van der Waals surface area contributed by atoms with Gasteiger partial charge in [0.15, 0.2) is 10.9 Å². The maximum Gasteiger partial charge on any atom is 0.262 e. The summed E-state index contributed by atoms with van der Waals surface area (Å²) in [5, 5.41) is 3.54. The van der Waals surface area contributed by atoms with Crippen LogP contribution in [0.25, 0.3) is 10.9 Å². The van der Waals surface area contributed by atoms with Crippen LogP contribution in [0, 0.1) is 11.7 Å². The number of benzene rings is 2. The van der Waals surface area contributed by atoms with Gasteiger partial charge in [-0.3, -0.25) is 19.0 Å². The van der Waals surface area contributed by atoms with Crippen LogP contribution in [0.1, 0.15) is 34.6 Å². The first-order chi connectivity index (χ1) is 15.8. The molecule has 33 heavy (non-hydrogen) atoms. The number of ether oxygens (including phenoxy) is 1. The highest BCUT2D eigenvalue weighted by molar-refractivity contribution is 7.99. The molecule has 1 N–H and O–H groups in total. The molecule has 0 saturated heterocycles. The summed E-state index contributed by atoms with van der Waals surface area (Å²) < 4.78 is 19.6. The van der Waals surface area contributed by atoms with Crippen LogP contribution < -0.4 is 10.9 Å². The van der Waals surface area contributed by atoms with Gasteiger partial charge in [0.25, 0.3) is 11.5 Å². The number of rotatable bonds is 10. The van der Waals surface area contributed by atoms with E-state index in [1.807, 2.05) is 13.8 Å². The first-order valence-electron chi connectivity index (χ1n) is 10.5. The molecule has 0 aliphatic rings. The average molecular weight is 472 g/mol. The number of methoxy groups -OCH3 is 1. The third-order valence-corrected chi connectivity index (χ3v) is 5.80. The van der Waals surface area contributed by atoms with Gasteiger partial charge < -0.3 is 10.1 Å². The predicted octanol–water partition coefficient (Wildman–Crippen LogP) is 3.54. The zero-order chi connectivity index (χ0) is 24.0. The lowest BCUT2D eigenvalue weighted by Gasteiger charge is -2.15. The molecule has 0 spiro atoms. The molecule has 0 fully saturated rings. The Morgan fingerprint density at radius 3 is 2.52 bits per heavy atom. The number of carbonyl (C=O) groups is 2. The number of Topliss-reactive ketones (excluding diaryl/α,β-unsaturated/α-hetero) is 1. The van der Waals surface area contributed by atoms with E-state index in [0.717, 1.165) is 11.8 Å². The van der Waals surface area contributed by atoms with Crippen molar-refractivity contribution in [1.82, 2.24) is 14.9 Å². The lowest BCUT2D eigenvalue weighted by atomic mass is 10.1. The van der Waals surface area contributed by atoms with Crippen molar-refractivity contribution in [1.29, 1.82) is 0 Å². The van der Waals surface area contributed by atoms with Crippen LogP contribution in [-0.4, -0.2) is 47.3 Å². The third-order valence-electron chi connectivity index (χ3n) is 4.82. The minimum absolute atomic E-state index is 0.0405. The predicted molar refractivity (Wildman–Crippen MR) is 127 cm³/mol. The molecular weight excluding hydrogens is 445 g/mol. The first kappa shape index (κ1) is 24.6. The van der Waals surface area contributed by atoms with Crippen molar-refractivity contribution in [3.8, 4) is 0 Å². The number of amides is 1. The van der Waals surface area contributed by atoms with E-state index in [1.165, 1.54) is 24.3 Å². The lowest BCUT2D eigenvalue weighted by Crippen LogP contribution is -2.28. The molecule has 0 aliphatic carbocycles. The van der Waals surface area contributed by atoms with Crippen LogP contribution in [0.3, 0.4) is 0 Å². The van der Waals surface area contributed by atoms with Gasteiger partial charge in [-0.15, -0.1) is 0 Å². The maximum absolute atomic E-state index is 13.2. The third kappa shape index (κ3) is 6.27. The Bertz CT molecular complexity index is 1210. The Kier molecular flexibility index (Phi) is 8.35. The van der Waals surface area contributed by atoms with Crippen molar-refractivity contribution >= 4 is 34.4 Å². The highest BCUT2D eigenvalue weighted by Crippen LogP contribution is 2.21. The number of nitrogens with one attached hydrogen (secondary N) is 1.